The van der Waals surface area contributed by atoms with Gasteiger partial charge >= 0.3 is 0 Å². The summed E-state index contributed by atoms with van der Waals surface area (Å²) in [4.78, 5) is 7.31. The molecule has 5 heteroatoms. The molecule has 1 aliphatic rings. The lowest BCUT2D eigenvalue weighted by atomic mass is 10.1. The summed E-state index contributed by atoms with van der Waals surface area (Å²) in [6, 6.07) is 19.5. The zero-order valence-corrected chi connectivity index (χ0v) is 16.8. The van der Waals surface area contributed by atoms with E-state index in [9.17, 15) is 4.39 Å². The predicted octanol–water partition coefficient (Wildman–Crippen LogP) is 5.59. The molecular weight excluding hydrogens is 379 g/mol. The minimum Gasteiger partial charge on any atom is -0.303 e. The smallest absolute Gasteiger partial charge is 0.123 e. The van der Waals surface area contributed by atoms with Crippen molar-refractivity contribution in [1.29, 1.82) is 0 Å². The van der Waals surface area contributed by atoms with Gasteiger partial charge in [0, 0.05) is 17.2 Å². The molecule has 0 unspecified atom stereocenters. The van der Waals surface area contributed by atoms with Crippen LogP contribution in [-0.4, -0.2) is 34.8 Å². The Labute approximate surface area is 170 Å². The van der Waals surface area contributed by atoms with Crippen molar-refractivity contribution < 1.29 is 4.39 Å². The molecule has 2 aromatic carbocycles. The number of thioether (sulfide) groups is 1. The van der Waals surface area contributed by atoms with Crippen LogP contribution in [0.2, 0.25) is 0 Å². The van der Waals surface area contributed by atoms with Crippen molar-refractivity contribution in [3.63, 3.8) is 0 Å². The van der Waals surface area contributed by atoms with Crippen molar-refractivity contribution in [3.05, 3.63) is 72.0 Å². The van der Waals surface area contributed by atoms with E-state index in [1.54, 1.807) is 12.1 Å². The molecule has 0 amide bonds. The first kappa shape index (κ1) is 20.1. The van der Waals surface area contributed by atoms with Crippen molar-refractivity contribution in [1.82, 2.24) is 9.88 Å². The molecular formula is C22H24ClFN2S. The lowest BCUT2D eigenvalue weighted by Crippen LogP contribution is -2.36. The highest BCUT2D eigenvalue weighted by Gasteiger charge is 2.20. The Morgan fingerprint density at radius 1 is 0.963 bits per heavy atom. The first-order chi connectivity index (χ1) is 12.8. The number of halogens is 2. The van der Waals surface area contributed by atoms with Gasteiger partial charge in [0.05, 0.1) is 10.5 Å². The molecule has 0 spiro atoms. The Kier molecular flexibility index (Phi) is 7.11. The van der Waals surface area contributed by atoms with Crippen molar-refractivity contribution in [3.8, 4) is 0 Å². The molecule has 0 radical (unpaired) electrons. The standard InChI is InChI=1S/C22H23FN2S.ClH/c23-19-8-5-17(6-9-19)11-14-25-15-12-20(13-16-25)26-22-10-7-18-3-1-2-4-21(18)24-22;/h1-10,20H,11-16H2;1H. The van der Waals surface area contributed by atoms with Gasteiger partial charge in [0.15, 0.2) is 0 Å². The third-order valence-corrected chi connectivity index (χ3v) is 6.30. The van der Waals surface area contributed by atoms with Gasteiger partial charge in [-0.2, -0.15) is 0 Å². The highest BCUT2D eigenvalue weighted by molar-refractivity contribution is 7.99. The van der Waals surface area contributed by atoms with Gasteiger partial charge in [-0.05, 0) is 62.2 Å². The molecule has 1 saturated heterocycles. The SMILES string of the molecule is Cl.Fc1ccc(CCN2CCC(Sc3ccc4ccccc4n3)CC2)cc1. The highest BCUT2D eigenvalue weighted by atomic mass is 35.5. The van der Waals surface area contributed by atoms with E-state index in [1.807, 2.05) is 30.0 Å². The quantitative estimate of drug-likeness (QED) is 0.553. The Balaban J connectivity index is 0.00000210. The molecule has 27 heavy (non-hydrogen) atoms. The Morgan fingerprint density at radius 3 is 2.48 bits per heavy atom. The van der Waals surface area contributed by atoms with Crippen LogP contribution in [0.3, 0.4) is 0 Å². The van der Waals surface area contributed by atoms with Crippen LogP contribution in [0.5, 0.6) is 0 Å². The van der Waals surface area contributed by atoms with Crippen LogP contribution < -0.4 is 0 Å². The summed E-state index contributed by atoms with van der Waals surface area (Å²) in [5, 5.41) is 2.98. The molecule has 3 aromatic rings. The van der Waals surface area contributed by atoms with E-state index < -0.39 is 0 Å². The zero-order valence-electron chi connectivity index (χ0n) is 15.2. The van der Waals surface area contributed by atoms with Crippen molar-refractivity contribution in [2.75, 3.05) is 19.6 Å². The van der Waals surface area contributed by atoms with Gasteiger partial charge in [0.2, 0.25) is 0 Å². The zero-order chi connectivity index (χ0) is 17.8. The van der Waals surface area contributed by atoms with Crippen LogP contribution in [0.1, 0.15) is 18.4 Å². The molecule has 1 fully saturated rings. The summed E-state index contributed by atoms with van der Waals surface area (Å²) in [5.41, 5.74) is 2.29. The maximum atomic E-state index is 13.0. The fourth-order valence-electron chi connectivity index (χ4n) is 3.47. The maximum Gasteiger partial charge on any atom is 0.123 e. The van der Waals surface area contributed by atoms with Gasteiger partial charge in [-0.1, -0.05) is 36.4 Å². The summed E-state index contributed by atoms with van der Waals surface area (Å²) >= 11 is 1.92. The molecule has 1 aliphatic heterocycles. The number of piperidine rings is 1. The molecule has 0 saturated carbocycles. The van der Waals surface area contributed by atoms with Crippen LogP contribution in [0.4, 0.5) is 4.39 Å². The number of fused-ring (bicyclic) bond motifs is 1. The van der Waals surface area contributed by atoms with E-state index in [2.05, 4.69) is 35.2 Å². The van der Waals surface area contributed by atoms with E-state index in [-0.39, 0.29) is 18.2 Å². The summed E-state index contributed by atoms with van der Waals surface area (Å²) in [6.45, 7) is 3.32. The molecule has 0 aliphatic carbocycles. The lowest BCUT2D eigenvalue weighted by molar-refractivity contribution is 0.235. The van der Waals surface area contributed by atoms with E-state index in [4.69, 9.17) is 4.98 Å². The number of nitrogens with zero attached hydrogens (tertiary/aromatic N) is 2. The van der Waals surface area contributed by atoms with Crippen molar-refractivity contribution in [2.24, 2.45) is 0 Å². The largest absolute Gasteiger partial charge is 0.303 e. The Bertz CT molecular complexity index is 864. The molecule has 0 N–H and O–H groups in total. The van der Waals surface area contributed by atoms with Crippen LogP contribution in [0.15, 0.2) is 65.7 Å². The monoisotopic (exact) mass is 402 g/mol. The Hall–Kier alpha value is -1.62. The molecule has 2 heterocycles. The third-order valence-electron chi connectivity index (χ3n) is 5.02. The molecule has 2 nitrogen and oxygen atoms in total. The second-order valence-electron chi connectivity index (χ2n) is 6.88. The van der Waals surface area contributed by atoms with Crippen LogP contribution in [0.25, 0.3) is 10.9 Å². The summed E-state index contributed by atoms with van der Waals surface area (Å²) in [7, 11) is 0. The van der Waals surface area contributed by atoms with Crippen LogP contribution in [-0.2, 0) is 6.42 Å². The van der Waals surface area contributed by atoms with Gasteiger partial charge in [-0.3, -0.25) is 0 Å². The predicted molar refractivity (Wildman–Crippen MR) is 114 cm³/mol. The number of rotatable bonds is 5. The van der Waals surface area contributed by atoms with E-state index >= 15 is 0 Å². The number of hydrogen-bond acceptors (Lipinski definition) is 3. The van der Waals surface area contributed by atoms with Gasteiger partial charge in [-0.25, -0.2) is 9.37 Å². The first-order valence-corrected chi connectivity index (χ1v) is 10.1. The topological polar surface area (TPSA) is 16.1 Å². The summed E-state index contributed by atoms with van der Waals surface area (Å²) < 4.78 is 13.0. The number of pyridine rings is 1. The molecule has 0 atom stereocenters. The number of para-hydroxylation sites is 1. The van der Waals surface area contributed by atoms with Gasteiger partial charge in [0.25, 0.3) is 0 Å². The third kappa shape index (κ3) is 5.44. The maximum absolute atomic E-state index is 13.0. The first-order valence-electron chi connectivity index (χ1n) is 9.25. The van der Waals surface area contributed by atoms with E-state index in [0.717, 1.165) is 36.6 Å². The minimum absolute atomic E-state index is 0. The van der Waals surface area contributed by atoms with Gasteiger partial charge in [0.1, 0.15) is 5.82 Å². The highest BCUT2D eigenvalue weighted by Crippen LogP contribution is 2.30. The van der Waals surface area contributed by atoms with Gasteiger partial charge in [-0.15, -0.1) is 24.2 Å². The molecule has 4 rings (SSSR count). The summed E-state index contributed by atoms with van der Waals surface area (Å²) in [6.07, 6.45) is 3.38. The Morgan fingerprint density at radius 2 is 1.70 bits per heavy atom. The second-order valence-corrected chi connectivity index (χ2v) is 8.20. The van der Waals surface area contributed by atoms with Crippen LogP contribution in [0, 0.1) is 5.82 Å². The molecule has 1 aromatic heterocycles. The van der Waals surface area contributed by atoms with E-state index in [1.165, 1.54) is 23.8 Å². The lowest BCUT2D eigenvalue weighted by Gasteiger charge is -2.31. The summed E-state index contributed by atoms with van der Waals surface area (Å²) in [5.74, 6) is -0.158. The average Bonchev–Trinajstić information content (AvgIpc) is 2.69. The number of benzene rings is 2. The molecule has 142 valence electrons. The number of aromatic nitrogens is 1. The fourth-order valence-corrected chi connectivity index (χ4v) is 4.56. The van der Waals surface area contributed by atoms with E-state index in [0.29, 0.717) is 5.25 Å². The average molecular weight is 403 g/mol. The van der Waals surface area contributed by atoms with Crippen molar-refractivity contribution in [2.45, 2.75) is 29.5 Å². The normalized spacial score (nSPS) is 15.6. The fraction of sp³-hybridized carbons (Fsp3) is 0.318. The minimum atomic E-state index is -0.158. The van der Waals surface area contributed by atoms with Crippen molar-refractivity contribution >= 4 is 35.1 Å². The molecule has 0 bridgehead atoms. The number of hydrogen-bond donors (Lipinski definition) is 0. The van der Waals surface area contributed by atoms with Gasteiger partial charge < -0.3 is 4.90 Å². The number of likely N-dealkylation sites (tertiary alicyclic amines) is 1. The second kappa shape index (κ2) is 9.54. The van der Waals surface area contributed by atoms with Crippen LogP contribution >= 0.6 is 24.2 Å².